The second kappa shape index (κ2) is 5.29. The van der Waals surface area contributed by atoms with Crippen molar-refractivity contribution in [2.45, 2.75) is 38.3 Å². The van der Waals surface area contributed by atoms with E-state index < -0.39 is 0 Å². The Morgan fingerprint density at radius 1 is 1.26 bits per heavy atom. The number of piperidine rings is 1. The van der Waals surface area contributed by atoms with E-state index in [1.165, 1.54) is 37.9 Å². The molecule has 2 aliphatic rings. The van der Waals surface area contributed by atoms with E-state index in [0.29, 0.717) is 17.1 Å². The van der Waals surface area contributed by atoms with Gasteiger partial charge >= 0.3 is 0 Å². The van der Waals surface area contributed by atoms with Gasteiger partial charge < -0.3 is 4.90 Å². The van der Waals surface area contributed by atoms with E-state index >= 15 is 0 Å². The first-order valence-corrected chi connectivity index (χ1v) is 7.48. The largest absolute Gasteiger partial charge is 0.365 e. The molecule has 1 aromatic carbocycles. The molecule has 2 atom stereocenters. The van der Waals surface area contributed by atoms with Gasteiger partial charge in [-0.05, 0) is 44.5 Å². The highest BCUT2D eigenvalue weighted by Gasteiger charge is 2.33. The summed E-state index contributed by atoms with van der Waals surface area (Å²) in [4.78, 5) is 4.94. The van der Waals surface area contributed by atoms with Crippen molar-refractivity contribution in [1.29, 1.82) is 0 Å². The van der Waals surface area contributed by atoms with Crippen LogP contribution in [0.25, 0.3) is 0 Å². The summed E-state index contributed by atoms with van der Waals surface area (Å²) in [6.07, 6.45) is 3.91. The molecule has 0 aromatic heterocycles. The van der Waals surface area contributed by atoms with Crippen molar-refractivity contribution in [2.75, 3.05) is 24.5 Å². The van der Waals surface area contributed by atoms with Crippen LogP contribution in [0.2, 0.25) is 5.02 Å². The van der Waals surface area contributed by atoms with Crippen molar-refractivity contribution in [2.24, 2.45) is 0 Å². The first kappa shape index (κ1) is 13.2. The van der Waals surface area contributed by atoms with Gasteiger partial charge in [-0.3, -0.25) is 4.90 Å². The minimum Gasteiger partial charge on any atom is -0.365 e. The predicted octanol–water partition coefficient (Wildman–Crippen LogP) is 3.54. The molecule has 1 aromatic rings. The third-order valence-corrected chi connectivity index (χ3v) is 4.71. The minimum atomic E-state index is -0.266. The molecule has 0 spiro atoms. The van der Waals surface area contributed by atoms with E-state index in [-0.39, 0.29) is 5.82 Å². The molecule has 2 saturated heterocycles. The van der Waals surface area contributed by atoms with Gasteiger partial charge in [-0.2, -0.15) is 0 Å². The molecule has 0 bridgehead atoms. The Labute approximate surface area is 119 Å². The van der Waals surface area contributed by atoms with Gasteiger partial charge in [0.25, 0.3) is 0 Å². The lowest BCUT2D eigenvalue weighted by Crippen LogP contribution is -2.58. The molecule has 3 rings (SSSR count). The smallest absolute Gasteiger partial charge is 0.124 e. The molecule has 2 fully saturated rings. The van der Waals surface area contributed by atoms with E-state index in [1.54, 1.807) is 0 Å². The second-order valence-corrected chi connectivity index (χ2v) is 6.15. The first-order chi connectivity index (χ1) is 9.15. The van der Waals surface area contributed by atoms with Crippen LogP contribution < -0.4 is 4.90 Å². The van der Waals surface area contributed by atoms with Gasteiger partial charge in [0.05, 0.1) is 10.7 Å². The van der Waals surface area contributed by atoms with Gasteiger partial charge in [0.1, 0.15) is 5.82 Å². The number of hydrogen-bond donors (Lipinski definition) is 0. The SMILES string of the molecule is CC1CN2CCCCC2CN1c1ccc(F)cc1Cl. The molecular weight excluding hydrogens is 263 g/mol. The Bertz CT molecular complexity index is 465. The lowest BCUT2D eigenvalue weighted by atomic mass is 9.96. The third-order valence-electron chi connectivity index (χ3n) is 4.41. The average molecular weight is 283 g/mol. The van der Waals surface area contributed by atoms with Crippen molar-refractivity contribution >= 4 is 17.3 Å². The number of rotatable bonds is 1. The van der Waals surface area contributed by atoms with E-state index in [1.807, 2.05) is 6.07 Å². The summed E-state index contributed by atoms with van der Waals surface area (Å²) < 4.78 is 13.2. The van der Waals surface area contributed by atoms with Gasteiger partial charge in [0.15, 0.2) is 0 Å². The molecular formula is C15H20ClFN2. The van der Waals surface area contributed by atoms with Crippen molar-refractivity contribution in [3.63, 3.8) is 0 Å². The van der Waals surface area contributed by atoms with E-state index in [0.717, 1.165) is 18.8 Å². The van der Waals surface area contributed by atoms with Crippen molar-refractivity contribution in [1.82, 2.24) is 4.90 Å². The van der Waals surface area contributed by atoms with Crippen molar-refractivity contribution in [3.8, 4) is 0 Å². The molecule has 0 saturated carbocycles. The molecule has 0 aliphatic carbocycles. The summed E-state index contributed by atoms with van der Waals surface area (Å²) in [5.74, 6) is -0.266. The topological polar surface area (TPSA) is 6.48 Å². The third kappa shape index (κ3) is 2.59. The van der Waals surface area contributed by atoms with Crippen LogP contribution in [0.4, 0.5) is 10.1 Å². The fourth-order valence-corrected chi connectivity index (χ4v) is 3.68. The van der Waals surface area contributed by atoms with Crippen LogP contribution >= 0.6 is 11.6 Å². The summed E-state index contributed by atoms with van der Waals surface area (Å²) in [5, 5.41) is 0.524. The van der Waals surface area contributed by atoms with Crippen molar-refractivity contribution in [3.05, 3.63) is 29.0 Å². The maximum Gasteiger partial charge on any atom is 0.124 e. The number of benzene rings is 1. The molecule has 0 N–H and O–H groups in total. The quantitative estimate of drug-likeness (QED) is 0.777. The van der Waals surface area contributed by atoms with Gasteiger partial charge in [0, 0.05) is 25.2 Å². The highest BCUT2D eigenvalue weighted by molar-refractivity contribution is 6.33. The Morgan fingerprint density at radius 3 is 2.89 bits per heavy atom. The minimum absolute atomic E-state index is 0.266. The van der Waals surface area contributed by atoms with E-state index in [4.69, 9.17) is 11.6 Å². The van der Waals surface area contributed by atoms with E-state index in [9.17, 15) is 4.39 Å². The Morgan fingerprint density at radius 2 is 2.11 bits per heavy atom. The molecule has 2 unspecified atom stereocenters. The number of nitrogens with zero attached hydrogens (tertiary/aromatic N) is 2. The normalized spacial score (nSPS) is 28.3. The van der Waals surface area contributed by atoms with Crippen LogP contribution in [-0.4, -0.2) is 36.6 Å². The highest BCUT2D eigenvalue weighted by Crippen LogP contribution is 2.32. The summed E-state index contributed by atoms with van der Waals surface area (Å²) in [7, 11) is 0. The zero-order valence-electron chi connectivity index (χ0n) is 11.3. The Balaban J connectivity index is 1.83. The number of fused-ring (bicyclic) bond motifs is 1. The van der Waals surface area contributed by atoms with Gasteiger partial charge in [0.2, 0.25) is 0 Å². The van der Waals surface area contributed by atoms with Crippen LogP contribution in [0.15, 0.2) is 18.2 Å². The second-order valence-electron chi connectivity index (χ2n) is 5.74. The average Bonchev–Trinajstić information content (AvgIpc) is 2.38. The Hall–Kier alpha value is -0.800. The van der Waals surface area contributed by atoms with Crippen LogP contribution in [0.5, 0.6) is 0 Å². The molecule has 19 heavy (non-hydrogen) atoms. The standard InChI is InChI=1S/C15H20ClFN2/c1-11-9-18-7-3-2-4-13(18)10-19(11)15-6-5-12(17)8-14(15)16/h5-6,8,11,13H,2-4,7,9-10H2,1H3. The van der Waals surface area contributed by atoms with Crippen molar-refractivity contribution < 1.29 is 4.39 Å². The fraction of sp³-hybridized carbons (Fsp3) is 0.600. The molecule has 2 aliphatic heterocycles. The highest BCUT2D eigenvalue weighted by atomic mass is 35.5. The number of hydrogen-bond acceptors (Lipinski definition) is 2. The summed E-state index contributed by atoms with van der Waals surface area (Å²) in [6, 6.07) is 5.79. The number of piperazine rings is 1. The number of halogens is 2. The maximum absolute atomic E-state index is 13.2. The zero-order chi connectivity index (χ0) is 13.4. The van der Waals surface area contributed by atoms with Gasteiger partial charge in [-0.15, -0.1) is 0 Å². The lowest BCUT2D eigenvalue weighted by Gasteiger charge is -2.48. The lowest BCUT2D eigenvalue weighted by molar-refractivity contribution is 0.115. The van der Waals surface area contributed by atoms with Crippen LogP contribution in [-0.2, 0) is 0 Å². The summed E-state index contributed by atoms with van der Waals surface area (Å²) in [6.45, 7) is 5.54. The van der Waals surface area contributed by atoms with Crippen LogP contribution in [0, 0.1) is 5.82 Å². The molecule has 4 heteroatoms. The molecule has 2 nitrogen and oxygen atoms in total. The molecule has 0 amide bonds. The summed E-state index contributed by atoms with van der Waals surface area (Å²) in [5.41, 5.74) is 0.973. The molecule has 2 heterocycles. The van der Waals surface area contributed by atoms with E-state index in [2.05, 4.69) is 16.7 Å². The van der Waals surface area contributed by atoms with Crippen LogP contribution in [0.3, 0.4) is 0 Å². The predicted molar refractivity (Wildman–Crippen MR) is 77.4 cm³/mol. The monoisotopic (exact) mass is 282 g/mol. The molecule has 104 valence electrons. The first-order valence-electron chi connectivity index (χ1n) is 7.11. The fourth-order valence-electron chi connectivity index (χ4n) is 3.40. The van der Waals surface area contributed by atoms with Crippen LogP contribution in [0.1, 0.15) is 26.2 Å². The Kier molecular flexibility index (Phi) is 3.68. The molecule has 0 radical (unpaired) electrons. The number of anilines is 1. The maximum atomic E-state index is 13.2. The summed E-state index contributed by atoms with van der Waals surface area (Å²) >= 11 is 6.21. The van der Waals surface area contributed by atoms with Gasteiger partial charge in [-0.1, -0.05) is 18.0 Å². The van der Waals surface area contributed by atoms with Gasteiger partial charge in [-0.25, -0.2) is 4.39 Å². The zero-order valence-corrected chi connectivity index (χ0v) is 12.0.